The van der Waals surface area contributed by atoms with E-state index in [1.165, 1.54) is 0 Å². The molecule has 1 unspecified atom stereocenters. The molecule has 1 aliphatic rings. The predicted octanol–water partition coefficient (Wildman–Crippen LogP) is 3.01. The standard InChI is InChI=1S/C17H26N2O2S/c1-11(2)16(20)5-4-13-6-7-18-17(8-13)21-15-9-14(10-15)19-12(3)22/h6-8,11-12,14-15,19,22H,4-5,9-10H2,1-3H3/t12?,14-,15-. The molecule has 1 heterocycles. The fourth-order valence-corrected chi connectivity index (χ4v) is 2.75. The van der Waals surface area contributed by atoms with Crippen molar-refractivity contribution in [2.45, 2.75) is 64.0 Å². The van der Waals surface area contributed by atoms with Crippen molar-refractivity contribution in [3.63, 3.8) is 0 Å². The maximum Gasteiger partial charge on any atom is 0.213 e. The van der Waals surface area contributed by atoms with Crippen LogP contribution in [0.3, 0.4) is 0 Å². The van der Waals surface area contributed by atoms with Gasteiger partial charge in [-0.2, -0.15) is 12.6 Å². The van der Waals surface area contributed by atoms with Gasteiger partial charge in [-0.25, -0.2) is 4.98 Å². The molecule has 122 valence electrons. The Morgan fingerprint density at radius 3 is 2.82 bits per heavy atom. The average Bonchev–Trinajstić information content (AvgIpc) is 2.42. The normalized spacial score (nSPS) is 22.2. The number of carbonyl (C=O) groups is 1. The third kappa shape index (κ3) is 5.29. The Hall–Kier alpha value is -1.07. The molecule has 1 aromatic rings. The molecule has 0 amide bonds. The summed E-state index contributed by atoms with van der Waals surface area (Å²) in [5, 5.41) is 3.59. The van der Waals surface area contributed by atoms with Crippen LogP contribution in [0.2, 0.25) is 0 Å². The van der Waals surface area contributed by atoms with Gasteiger partial charge in [-0.15, -0.1) is 0 Å². The topological polar surface area (TPSA) is 51.2 Å². The molecule has 22 heavy (non-hydrogen) atoms. The molecule has 4 nitrogen and oxygen atoms in total. The number of hydrogen-bond donors (Lipinski definition) is 2. The van der Waals surface area contributed by atoms with Crippen LogP contribution in [0.1, 0.15) is 45.6 Å². The lowest BCUT2D eigenvalue weighted by Crippen LogP contribution is -2.48. The molecule has 0 radical (unpaired) electrons. The summed E-state index contributed by atoms with van der Waals surface area (Å²) in [6.07, 6.45) is 5.29. The molecule has 5 heteroatoms. The summed E-state index contributed by atoms with van der Waals surface area (Å²) in [5.74, 6) is 1.07. The van der Waals surface area contributed by atoms with E-state index in [-0.39, 0.29) is 17.4 Å². The van der Waals surface area contributed by atoms with Crippen LogP contribution in [0, 0.1) is 5.92 Å². The van der Waals surface area contributed by atoms with Crippen LogP contribution in [0.5, 0.6) is 5.88 Å². The largest absolute Gasteiger partial charge is 0.474 e. The molecule has 0 aromatic carbocycles. The molecule has 2 rings (SSSR count). The maximum absolute atomic E-state index is 11.7. The Balaban J connectivity index is 1.79. The summed E-state index contributed by atoms with van der Waals surface area (Å²) in [6, 6.07) is 4.40. The van der Waals surface area contributed by atoms with Crippen molar-refractivity contribution in [3.8, 4) is 5.88 Å². The molecule has 1 aliphatic carbocycles. The number of carbonyl (C=O) groups excluding carboxylic acids is 1. The highest BCUT2D eigenvalue weighted by atomic mass is 32.1. The smallest absolute Gasteiger partial charge is 0.213 e. The van der Waals surface area contributed by atoms with Crippen molar-refractivity contribution in [3.05, 3.63) is 23.9 Å². The molecular weight excluding hydrogens is 296 g/mol. The number of ketones is 1. The lowest BCUT2D eigenvalue weighted by Gasteiger charge is -2.36. The molecule has 1 aromatic heterocycles. The summed E-state index contributed by atoms with van der Waals surface area (Å²) in [7, 11) is 0. The molecule has 0 aliphatic heterocycles. The van der Waals surface area contributed by atoms with Gasteiger partial charge in [0.1, 0.15) is 11.9 Å². The Bertz CT molecular complexity index is 499. The molecule has 1 N–H and O–H groups in total. The second kappa shape index (κ2) is 7.97. The zero-order chi connectivity index (χ0) is 16.1. The Labute approximate surface area is 138 Å². The zero-order valence-electron chi connectivity index (χ0n) is 13.6. The summed E-state index contributed by atoms with van der Waals surface area (Å²) in [5.41, 5.74) is 1.11. The van der Waals surface area contributed by atoms with E-state index in [1.807, 2.05) is 32.9 Å². The van der Waals surface area contributed by atoms with Gasteiger partial charge in [0, 0.05) is 36.0 Å². The second-order valence-corrected chi connectivity index (χ2v) is 7.15. The van der Waals surface area contributed by atoms with E-state index in [0.29, 0.717) is 24.1 Å². The SMILES string of the molecule is CC(S)N[C@H]1C[C@H](Oc2cc(CCC(=O)C(C)C)ccn2)C1. The van der Waals surface area contributed by atoms with Gasteiger partial charge in [0.25, 0.3) is 0 Å². The first-order chi connectivity index (χ1) is 10.4. The van der Waals surface area contributed by atoms with Gasteiger partial charge in [0.2, 0.25) is 5.88 Å². The van der Waals surface area contributed by atoms with E-state index in [0.717, 1.165) is 24.8 Å². The van der Waals surface area contributed by atoms with Crippen molar-refractivity contribution >= 4 is 18.4 Å². The number of nitrogens with zero attached hydrogens (tertiary/aromatic N) is 1. The highest BCUT2D eigenvalue weighted by molar-refractivity contribution is 7.80. The number of nitrogens with one attached hydrogen (secondary N) is 1. The number of thiol groups is 1. The lowest BCUT2D eigenvalue weighted by atomic mass is 9.89. The number of Topliss-reactive ketones (excluding diaryl/α,β-unsaturated/α-hetero) is 1. The van der Waals surface area contributed by atoms with Crippen LogP contribution in [0.25, 0.3) is 0 Å². The third-order valence-corrected chi connectivity index (χ3v) is 4.11. The van der Waals surface area contributed by atoms with Crippen molar-refractivity contribution < 1.29 is 9.53 Å². The number of aryl methyl sites for hydroxylation is 1. The molecule has 0 spiro atoms. The molecule has 1 fully saturated rings. The van der Waals surface area contributed by atoms with Crippen molar-refractivity contribution in [2.75, 3.05) is 0 Å². The molecular formula is C17H26N2O2S. The Morgan fingerprint density at radius 2 is 2.18 bits per heavy atom. The van der Waals surface area contributed by atoms with E-state index in [9.17, 15) is 4.79 Å². The van der Waals surface area contributed by atoms with Gasteiger partial charge in [0.15, 0.2) is 0 Å². The molecule has 0 saturated heterocycles. The second-order valence-electron chi connectivity index (χ2n) is 6.37. The molecule has 0 bridgehead atoms. The maximum atomic E-state index is 11.7. The van der Waals surface area contributed by atoms with Crippen molar-refractivity contribution in [2.24, 2.45) is 5.92 Å². The van der Waals surface area contributed by atoms with Crippen LogP contribution in [0.15, 0.2) is 18.3 Å². The quantitative estimate of drug-likeness (QED) is 0.571. The van der Waals surface area contributed by atoms with Crippen molar-refractivity contribution in [1.29, 1.82) is 0 Å². The highest BCUT2D eigenvalue weighted by Crippen LogP contribution is 2.26. The summed E-state index contributed by atoms with van der Waals surface area (Å²) in [6.45, 7) is 5.91. The summed E-state index contributed by atoms with van der Waals surface area (Å²) >= 11 is 4.33. The fourth-order valence-electron chi connectivity index (χ4n) is 2.54. The monoisotopic (exact) mass is 322 g/mol. The summed E-state index contributed by atoms with van der Waals surface area (Å²) in [4.78, 5) is 16.0. The Kier molecular flexibility index (Phi) is 6.26. The fraction of sp³-hybridized carbons (Fsp3) is 0.647. The number of ether oxygens (including phenoxy) is 1. The van der Waals surface area contributed by atoms with Gasteiger partial charge >= 0.3 is 0 Å². The molecule has 1 atom stereocenters. The minimum absolute atomic E-state index is 0.103. The Morgan fingerprint density at radius 1 is 1.45 bits per heavy atom. The number of aromatic nitrogens is 1. The highest BCUT2D eigenvalue weighted by Gasteiger charge is 2.31. The van der Waals surface area contributed by atoms with Crippen molar-refractivity contribution in [1.82, 2.24) is 10.3 Å². The van der Waals surface area contributed by atoms with Crippen LogP contribution >= 0.6 is 12.6 Å². The van der Waals surface area contributed by atoms with Gasteiger partial charge in [-0.3, -0.25) is 4.79 Å². The van der Waals surface area contributed by atoms with Crippen LogP contribution in [-0.2, 0) is 11.2 Å². The number of pyridine rings is 1. The minimum Gasteiger partial charge on any atom is -0.474 e. The van der Waals surface area contributed by atoms with Gasteiger partial charge in [0.05, 0.1) is 0 Å². The predicted molar refractivity (Wildman–Crippen MR) is 91.4 cm³/mol. The van der Waals surface area contributed by atoms with Crippen LogP contribution in [-0.4, -0.2) is 28.3 Å². The van der Waals surface area contributed by atoms with E-state index in [4.69, 9.17) is 4.74 Å². The minimum atomic E-state index is 0.103. The van der Waals surface area contributed by atoms with E-state index < -0.39 is 0 Å². The van der Waals surface area contributed by atoms with Gasteiger partial charge < -0.3 is 10.1 Å². The van der Waals surface area contributed by atoms with Gasteiger partial charge in [-0.05, 0) is 37.8 Å². The summed E-state index contributed by atoms with van der Waals surface area (Å²) < 4.78 is 5.90. The van der Waals surface area contributed by atoms with Crippen LogP contribution < -0.4 is 10.1 Å². The van der Waals surface area contributed by atoms with Crippen LogP contribution in [0.4, 0.5) is 0 Å². The van der Waals surface area contributed by atoms with Gasteiger partial charge in [-0.1, -0.05) is 13.8 Å². The van der Waals surface area contributed by atoms with E-state index in [1.54, 1.807) is 6.20 Å². The lowest BCUT2D eigenvalue weighted by molar-refractivity contribution is -0.121. The number of rotatable bonds is 8. The number of hydrogen-bond acceptors (Lipinski definition) is 5. The van der Waals surface area contributed by atoms with E-state index in [2.05, 4.69) is 22.9 Å². The first kappa shape index (κ1) is 17.3. The first-order valence-electron chi connectivity index (χ1n) is 8.02. The first-order valence-corrected chi connectivity index (χ1v) is 8.54. The average molecular weight is 322 g/mol. The third-order valence-electron chi connectivity index (χ3n) is 3.96. The zero-order valence-corrected chi connectivity index (χ0v) is 14.5. The van der Waals surface area contributed by atoms with E-state index >= 15 is 0 Å². The molecule has 1 saturated carbocycles.